The second-order valence-electron chi connectivity index (χ2n) is 3.51. The Balaban J connectivity index is 2.34. The first-order valence-corrected chi connectivity index (χ1v) is 4.98. The first-order valence-electron chi connectivity index (χ1n) is 4.98. The van der Waals surface area contributed by atoms with Gasteiger partial charge in [-0.3, -0.25) is 4.79 Å². The van der Waals surface area contributed by atoms with Gasteiger partial charge in [-0.05, 0) is 12.8 Å². The molecule has 0 aliphatic carbocycles. The molecule has 0 spiro atoms. The summed E-state index contributed by atoms with van der Waals surface area (Å²) in [7, 11) is 0. The highest BCUT2D eigenvalue weighted by molar-refractivity contribution is 5.73. The minimum atomic E-state index is 0.0238. The van der Waals surface area contributed by atoms with Crippen LogP contribution in [0.1, 0.15) is 26.2 Å². The number of hydrogen-bond donors (Lipinski definition) is 0. The molecule has 1 rings (SSSR count). The largest absolute Gasteiger partial charge is 0.376 e. The standard InChI is InChI=1S/C10H16N2O2/c1-9(13)12(6-3-5-11)8-10-4-2-7-14-10/h10H,2-4,6-8H2,1H3. The summed E-state index contributed by atoms with van der Waals surface area (Å²) in [5.41, 5.74) is 0. The summed E-state index contributed by atoms with van der Waals surface area (Å²) >= 11 is 0. The van der Waals surface area contributed by atoms with E-state index >= 15 is 0 Å². The second-order valence-corrected chi connectivity index (χ2v) is 3.51. The van der Waals surface area contributed by atoms with Gasteiger partial charge in [-0.15, -0.1) is 0 Å². The van der Waals surface area contributed by atoms with E-state index < -0.39 is 0 Å². The first kappa shape index (κ1) is 11.0. The Morgan fingerprint density at radius 2 is 2.50 bits per heavy atom. The molecule has 0 aromatic carbocycles. The van der Waals surface area contributed by atoms with Crippen molar-refractivity contribution in [3.05, 3.63) is 0 Å². The normalized spacial score (nSPS) is 20.4. The number of nitriles is 1. The molecule has 1 heterocycles. The Kier molecular flexibility index (Phi) is 4.41. The van der Waals surface area contributed by atoms with E-state index in [1.165, 1.54) is 6.92 Å². The third-order valence-electron chi connectivity index (χ3n) is 2.39. The third kappa shape index (κ3) is 3.35. The zero-order valence-electron chi connectivity index (χ0n) is 8.53. The monoisotopic (exact) mass is 196 g/mol. The molecular weight excluding hydrogens is 180 g/mol. The fourth-order valence-corrected chi connectivity index (χ4v) is 1.60. The number of hydrogen-bond acceptors (Lipinski definition) is 3. The highest BCUT2D eigenvalue weighted by Crippen LogP contribution is 2.13. The second kappa shape index (κ2) is 5.61. The lowest BCUT2D eigenvalue weighted by Gasteiger charge is -2.22. The molecule has 1 amide bonds. The zero-order chi connectivity index (χ0) is 10.4. The van der Waals surface area contributed by atoms with E-state index in [-0.39, 0.29) is 12.0 Å². The Bertz CT molecular complexity index is 229. The van der Waals surface area contributed by atoms with E-state index in [2.05, 4.69) is 0 Å². The Morgan fingerprint density at radius 3 is 3.00 bits per heavy atom. The molecule has 0 aromatic rings. The van der Waals surface area contributed by atoms with Crippen molar-refractivity contribution in [1.82, 2.24) is 4.90 Å². The van der Waals surface area contributed by atoms with Gasteiger partial charge < -0.3 is 9.64 Å². The van der Waals surface area contributed by atoms with Crippen LogP contribution in [0.2, 0.25) is 0 Å². The van der Waals surface area contributed by atoms with Crippen molar-refractivity contribution in [2.24, 2.45) is 0 Å². The summed E-state index contributed by atoms with van der Waals surface area (Å²) in [6.07, 6.45) is 2.68. The molecule has 0 radical (unpaired) electrons. The molecule has 0 bridgehead atoms. The number of amides is 1. The van der Waals surface area contributed by atoms with Gasteiger partial charge in [0.15, 0.2) is 0 Å². The minimum absolute atomic E-state index is 0.0238. The van der Waals surface area contributed by atoms with E-state index in [4.69, 9.17) is 10.00 Å². The molecule has 0 aromatic heterocycles. The lowest BCUT2D eigenvalue weighted by molar-refractivity contribution is -0.130. The van der Waals surface area contributed by atoms with Gasteiger partial charge in [0.05, 0.1) is 18.6 Å². The number of rotatable bonds is 4. The van der Waals surface area contributed by atoms with Gasteiger partial charge in [0, 0.05) is 26.6 Å². The van der Waals surface area contributed by atoms with Crippen molar-refractivity contribution in [3.63, 3.8) is 0 Å². The van der Waals surface area contributed by atoms with E-state index in [0.29, 0.717) is 19.5 Å². The van der Waals surface area contributed by atoms with Crippen LogP contribution in [0.5, 0.6) is 0 Å². The van der Waals surface area contributed by atoms with Crippen LogP contribution >= 0.6 is 0 Å². The fourth-order valence-electron chi connectivity index (χ4n) is 1.60. The van der Waals surface area contributed by atoms with E-state index in [1.807, 2.05) is 6.07 Å². The summed E-state index contributed by atoms with van der Waals surface area (Å²) in [5.74, 6) is 0.0238. The van der Waals surface area contributed by atoms with Crippen LogP contribution in [-0.2, 0) is 9.53 Å². The molecule has 4 heteroatoms. The van der Waals surface area contributed by atoms with Crippen molar-refractivity contribution in [1.29, 1.82) is 5.26 Å². The summed E-state index contributed by atoms with van der Waals surface area (Å²) < 4.78 is 5.44. The summed E-state index contributed by atoms with van der Waals surface area (Å²) in [5, 5.41) is 8.44. The van der Waals surface area contributed by atoms with Gasteiger partial charge in [0.1, 0.15) is 0 Å². The van der Waals surface area contributed by atoms with Crippen LogP contribution in [0, 0.1) is 11.3 Å². The summed E-state index contributed by atoms with van der Waals surface area (Å²) in [4.78, 5) is 12.9. The average Bonchev–Trinajstić information content (AvgIpc) is 2.64. The van der Waals surface area contributed by atoms with Crippen LogP contribution in [0.3, 0.4) is 0 Å². The van der Waals surface area contributed by atoms with E-state index in [1.54, 1.807) is 4.90 Å². The molecule has 78 valence electrons. The number of carbonyl (C=O) groups excluding carboxylic acids is 1. The SMILES string of the molecule is CC(=O)N(CCC#N)CC1CCCO1. The van der Waals surface area contributed by atoms with Gasteiger partial charge in [-0.25, -0.2) is 0 Å². The Hall–Kier alpha value is -1.08. The molecule has 1 fully saturated rings. The lowest BCUT2D eigenvalue weighted by atomic mass is 10.2. The maximum absolute atomic E-state index is 11.2. The topological polar surface area (TPSA) is 53.3 Å². The van der Waals surface area contributed by atoms with Crippen LogP contribution in [0.25, 0.3) is 0 Å². The predicted octanol–water partition coefficient (Wildman–Crippen LogP) is 0.928. The molecule has 0 N–H and O–H groups in total. The molecule has 1 atom stereocenters. The molecule has 4 nitrogen and oxygen atoms in total. The first-order chi connectivity index (χ1) is 6.74. The predicted molar refractivity (Wildman–Crippen MR) is 51.5 cm³/mol. The minimum Gasteiger partial charge on any atom is -0.376 e. The van der Waals surface area contributed by atoms with Gasteiger partial charge in [0.25, 0.3) is 0 Å². The third-order valence-corrected chi connectivity index (χ3v) is 2.39. The van der Waals surface area contributed by atoms with Gasteiger partial charge in [-0.2, -0.15) is 5.26 Å². The maximum atomic E-state index is 11.2. The number of nitrogens with zero attached hydrogens (tertiary/aromatic N) is 2. The molecule has 0 saturated carbocycles. The summed E-state index contributed by atoms with van der Waals surface area (Å²) in [6.45, 7) is 3.49. The van der Waals surface area contributed by atoms with Gasteiger partial charge in [0.2, 0.25) is 5.91 Å². The van der Waals surface area contributed by atoms with E-state index in [9.17, 15) is 4.79 Å². The summed E-state index contributed by atoms with van der Waals surface area (Å²) in [6, 6.07) is 2.04. The Morgan fingerprint density at radius 1 is 1.71 bits per heavy atom. The Labute approximate surface area is 84.4 Å². The highest BCUT2D eigenvalue weighted by atomic mass is 16.5. The van der Waals surface area contributed by atoms with Crippen LogP contribution in [-0.4, -0.2) is 36.6 Å². The smallest absolute Gasteiger partial charge is 0.219 e. The molecule has 1 aliphatic rings. The fraction of sp³-hybridized carbons (Fsp3) is 0.800. The van der Waals surface area contributed by atoms with Gasteiger partial charge in [-0.1, -0.05) is 0 Å². The lowest BCUT2D eigenvalue weighted by Crippen LogP contribution is -2.36. The van der Waals surface area contributed by atoms with Crippen molar-refractivity contribution < 1.29 is 9.53 Å². The molecular formula is C10H16N2O2. The van der Waals surface area contributed by atoms with Crippen molar-refractivity contribution in [2.75, 3.05) is 19.7 Å². The number of carbonyl (C=O) groups is 1. The van der Waals surface area contributed by atoms with Crippen molar-refractivity contribution in [2.45, 2.75) is 32.3 Å². The van der Waals surface area contributed by atoms with Crippen LogP contribution in [0.15, 0.2) is 0 Å². The van der Waals surface area contributed by atoms with Gasteiger partial charge >= 0.3 is 0 Å². The highest BCUT2D eigenvalue weighted by Gasteiger charge is 2.20. The van der Waals surface area contributed by atoms with Crippen LogP contribution in [0.4, 0.5) is 0 Å². The molecule has 1 saturated heterocycles. The van der Waals surface area contributed by atoms with E-state index in [0.717, 1.165) is 19.4 Å². The number of ether oxygens (including phenoxy) is 1. The molecule has 1 aliphatic heterocycles. The quantitative estimate of drug-likeness (QED) is 0.672. The zero-order valence-corrected chi connectivity index (χ0v) is 8.53. The van der Waals surface area contributed by atoms with Crippen molar-refractivity contribution >= 4 is 5.91 Å². The molecule has 14 heavy (non-hydrogen) atoms. The van der Waals surface area contributed by atoms with Crippen LogP contribution < -0.4 is 0 Å². The maximum Gasteiger partial charge on any atom is 0.219 e. The average molecular weight is 196 g/mol. The van der Waals surface area contributed by atoms with Crippen molar-refractivity contribution in [3.8, 4) is 6.07 Å². The molecule has 1 unspecified atom stereocenters.